The molecular formula is C13H15NO3. The Hall–Kier alpha value is -1.81. The smallest absolute Gasteiger partial charge is 0.139 e. The summed E-state index contributed by atoms with van der Waals surface area (Å²) in [6.45, 7) is 1.71. The summed E-state index contributed by atoms with van der Waals surface area (Å²) in [5.41, 5.74) is 1.61. The number of benzene rings is 1. The van der Waals surface area contributed by atoms with Gasteiger partial charge in [-0.15, -0.1) is 0 Å². The average molecular weight is 233 g/mol. The van der Waals surface area contributed by atoms with Gasteiger partial charge in [-0.1, -0.05) is 17.3 Å². The van der Waals surface area contributed by atoms with Gasteiger partial charge in [0.15, 0.2) is 0 Å². The first-order valence-electron chi connectivity index (χ1n) is 5.47. The van der Waals surface area contributed by atoms with Gasteiger partial charge in [0.2, 0.25) is 0 Å². The van der Waals surface area contributed by atoms with Crippen molar-refractivity contribution in [1.82, 2.24) is 5.16 Å². The third-order valence-electron chi connectivity index (χ3n) is 2.44. The molecule has 1 aromatic heterocycles. The largest absolute Gasteiger partial charge is 0.496 e. The molecule has 0 aliphatic heterocycles. The third kappa shape index (κ3) is 2.65. The molecule has 0 bridgehead atoms. The molecule has 2 rings (SSSR count). The SMILES string of the molecule is COc1ccccc1-c1cc(CC(C)O)on1. The van der Waals surface area contributed by atoms with Crippen LogP contribution >= 0.6 is 0 Å². The Kier molecular flexibility index (Phi) is 3.44. The Bertz CT molecular complexity index is 491. The lowest BCUT2D eigenvalue weighted by Gasteiger charge is -2.03. The number of hydrogen-bond donors (Lipinski definition) is 1. The normalized spacial score (nSPS) is 12.4. The minimum Gasteiger partial charge on any atom is -0.496 e. The fourth-order valence-corrected chi connectivity index (χ4v) is 1.68. The molecule has 1 heterocycles. The first kappa shape index (κ1) is 11.7. The maximum Gasteiger partial charge on any atom is 0.139 e. The van der Waals surface area contributed by atoms with Crippen molar-refractivity contribution in [3.8, 4) is 17.0 Å². The van der Waals surface area contributed by atoms with Crippen molar-refractivity contribution in [1.29, 1.82) is 0 Å². The van der Waals surface area contributed by atoms with Crippen LogP contribution in [0.3, 0.4) is 0 Å². The van der Waals surface area contributed by atoms with E-state index in [-0.39, 0.29) is 0 Å². The average Bonchev–Trinajstić information content (AvgIpc) is 2.76. The molecular weight excluding hydrogens is 218 g/mol. The van der Waals surface area contributed by atoms with Gasteiger partial charge in [-0.05, 0) is 19.1 Å². The zero-order valence-corrected chi connectivity index (χ0v) is 9.88. The molecule has 0 amide bonds. The van der Waals surface area contributed by atoms with Gasteiger partial charge in [-0.2, -0.15) is 0 Å². The summed E-state index contributed by atoms with van der Waals surface area (Å²) in [7, 11) is 1.62. The number of aliphatic hydroxyl groups is 1. The van der Waals surface area contributed by atoms with Crippen LogP contribution in [-0.4, -0.2) is 23.5 Å². The molecule has 0 radical (unpaired) electrons. The molecule has 17 heavy (non-hydrogen) atoms. The summed E-state index contributed by atoms with van der Waals surface area (Å²) >= 11 is 0. The van der Waals surface area contributed by atoms with Crippen LogP contribution in [0.5, 0.6) is 5.75 Å². The van der Waals surface area contributed by atoms with Crippen LogP contribution < -0.4 is 4.74 Å². The van der Waals surface area contributed by atoms with Crippen LogP contribution in [0.2, 0.25) is 0 Å². The number of rotatable bonds is 4. The van der Waals surface area contributed by atoms with Crippen molar-refractivity contribution in [2.75, 3.05) is 7.11 Å². The maximum atomic E-state index is 9.27. The summed E-state index contributed by atoms with van der Waals surface area (Å²) in [5.74, 6) is 1.42. The van der Waals surface area contributed by atoms with Crippen LogP contribution in [0, 0.1) is 0 Å². The quantitative estimate of drug-likeness (QED) is 0.880. The fraction of sp³-hybridized carbons (Fsp3) is 0.308. The van der Waals surface area contributed by atoms with Crippen molar-refractivity contribution in [3.63, 3.8) is 0 Å². The summed E-state index contributed by atoms with van der Waals surface area (Å²) in [5, 5.41) is 13.3. The zero-order chi connectivity index (χ0) is 12.3. The summed E-state index contributed by atoms with van der Waals surface area (Å²) in [4.78, 5) is 0. The standard InChI is InChI=1S/C13H15NO3/c1-9(15)7-10-8-12(14-17-10)11-5-3-4-6-13(11)16-2/h3-6,8-9,15H,7H2,1-2H3. The van der Waals surface area contributed by atoms with Gasteiger partial charge in [-0.3, -0.25) is 0 Å². The highest BCUT2D eigenvalue weighted by Gasteiger charge is 2.11. The van der Waals surface area contributed by atoms with Crippen LogP contribution in [0.1, 0.15) is 12.7 Å². The molecule has 90 valence electrons. The molecule has 1 atom stereocenters. The number of nitrogens with zero attached hydrogens (tertiary/aromatic N) is 1. The molecule has 0 aliphatic carbocycles. The van der Waals surface area contributed by atoms with Crippen molar-refractivity contribution in [3.05, 3.63) is 36.1 Å². The lowest BCUT2D eigenvalue weighted by molar-refractivity contribution is 0.183. The van der Waals surface area contributed by atoms with Crippen molar-refractivity contribution < 1.29 is 14.4 Å². The van der Waals surface area contributed by atoms with Crippen LogP contribution in [0.4, 0.5) is 0 Å². The van der Waals surface area contributed by atoms with E-state index in [1.54, 1.807) is 14.0 Å². The molecule has 0 spiro atoms. The summed E-state index contributed by atoms with van der Waals surface area (Å²) in [6.07, 6.45) is 0.0239. The molecule has 0 saturated heterocycles. The Morgan fingerprint density at radius 3 is 2.88 bits per heavy atom. The van der Waals surface area contributed by atoms with Gasteiger partial charge >= 0.3 is 0 Å². The van der Waals surface area contributed by atoms with Gasteiger partial charge in [0.1, 0.15) is 17.2 Å². The van der Waals surface area contributed by atoms with E-state index in [2.05, 4.69) is 5.16 Å². The second-order valence-electron chi connectivity index (χ2n) is 3.93. The van der Waals surface area contributed by atoms with E-state index in [1.165, 1.54) is 0 Å². The zero-order valence-electron chi connectivity index (χ0n) is 9.88. The van der Waals surface area contributed by atoms with E-state index in [0.29, 0.717) is 12.2 Å². The van der Waals surface area contributed by atoms with Crippen molar-refractivity contribution >= 4 is 0 Å². The highest BCUT2D eigenvalue weighted by molar-refractivity contribution is 5.66. The molecule has 0 saturated carbocycles. The second kappa shape index (κ2) is 5.01. The van der Waals surface area contributed by atoms with Gasteiger partial charge in [0.05, 0.1) is 13.2 Å². The van der Waals surface area contributed by atoms with Crippen LogP contribution in [0.15, 0.2) is 34.9 Å². The van der Waals surface area contributed by atoms with E-state index < -0.39 is 6.10 Å². The van der Waals surface area contributed by atoms with E-state index in [1.807, 2.05) is 30.3 Å². The molecule has 0 fully saturated rings. The molecule has 2 aromatic rings. The monoisotopic (exact) mass is 233 g/mol. The minimum atomic E-state index is -0.437. The summed E-state index contributed by atoms with van der Waals surface area (Å²) in [6, 6.07) is 9.44. The minimum absolute atomic E-state index is 0.437. The number of hydrogen-bond acceptors (Lipinski definition) is 4. The first-order chi connectivity index (χ1) is 8.20. The second-order valence-corrected chi connectivity index (χ2v) is 3.93. The Morgan fingerprint density at radius 1 is 1.41 bits per heavy atom. The number of aliphatic hydroxyl groups excluding tert-OH is 1. The number of methoxy groups -OCH3 is 1. The van der Waals surface area contributed by atoms with Gasteiger partial charge in [-0.25, -0.2) is 0 Å². The molecule has 0 aliphatic rings. The molecule has 1 N–H and O–H groups in total. The number of para-hydroxylation sites is 1. The van der Waals surface area contributed by atoms with Gasteiger partial charge in [0, 0.05) is 18.1 Å². The first-order valence-corrected chi connectivity index (χ1v) is 5.47. The molecule has 4 nitrogen and oxygen atoms in total. The van der Waals surface area contributed by atoms with Crippen molar-refractivity contribution in [2.45, 2.75) is 19.4 Å². The van der Waals surface area contributed by atoms with E-state index >= 15 is 0 Å². The Labute approximate surface area is 99.8 Å². The third-order valence-corrected chi connectivity index (χ3v) is 2.44. The Balaban J connectivity index is 2.30. The van der Waals surface area contributed by atoms with Gasteiger partial charge < -0.3 is 14.4 Å². The number of aromatic nitrogens is 1. The van der Waals surface area contributed by atoms with E-state index in [9.17, 15) is 5.11 Å². The summed E-state index contributed by atoms with van der Waals surface area (Å²) < 4.78 is 10.4. The van der Waals surface area contributed by atoms with Gasteiger partial charge in [0.25, 0.3) is 0 Å². The fourth-order valence-electron chi connectivity index (χ4n) is 1.68. The van der Waals surface area contributed by atoms with E-state index in [4.69, 9.17) is 9.26 Å². The van der Waals surface area contributed by atoms with Crippen LogP contribution in [0.25, 0.3) is 11.3 Å². The molecule has 4 heteroatoms. The highest BCUT2D eigenvalue weighted by Crippen LogP contribution is 2.29. The number of ether oxygens (including phenoxy) is 1. The maximum absolute atomic E-state index is 9.27. The van der Waals surface area contributed by atoms with Crippen LogP contribution in [-0.2, 0) is 6.42 Å². The predicted octanol–water partition coefficient (Wildman–Crippen LogP) is 2.27. The molecule has 1 unspecified atom stereocenters. The topological polar surface area (TPSA) is 55.5 Å². The van der Waals surface area contributed by atoms with Crippen molar-refractivity contribution in [2.24, 2.45) is 0 Å². The predicted molar refractivity (Wildman–Crippen MR) is 63.9 cm³/mol. The Morgan fingerprint density at radius 2 is 2.18 bits per heavy atom. The lowest BCUT2D eigenvalue weighted by atomic mass is 10.1. The lowest BCUT2D eigenvalue weighted by Crippen LogP contribution is -2.02. The highest BCUT2D eigenvalue weighted by atomic mass is 16.5. The van der Waals surface area contributed by atoms with E-state index in [0.717, 1.165) is 17.0 Å². The molecule has 1 aromatic carbocycles.